The first kappa shape index (κ1) is 18.7. The molecule has 1 saturated heterocycles. The van der Waals surface area contributed by atoms with Crippen molar-refractivity contribution < 1.29 is 9.59 Å². The minimum Gasteiger partial charge on any atom is -0.350 e. The van der Waals surface area contributed by atoms with Crippen LogP contribution in [-0.2, 0) is 11.3 Å². The summed E-state index contributed by atoms with van der Waals surface area (Å²) in [6, 6.07) is 10.4. The lowest BCUT2D eigenvalue weighted by atomic mass is 9.96. The Hall–Kier alpha value is -2.11. The molecule has 136 valence electrons. The Kier molecular flexibility index (Phi) is 6.12. The summed E-state index contributed by atoms with van der Waals surface area (Å²) in [7, 11) is 0. The molecule has 0 radical (unpaired) electrons. The van der Waals surface area contributed by atoms with Gasteiger partial charge in [0.25, 0.3) is 5.91 Å². The Morgan fingerprint density at radius 3 is 2.77 bits per heavy atom. The van der Waals surface area contributed by atoms with E-state index in [0.717, 1.165) is 18.5 Å². The summed E-state index contributed by atoms with van der Waals surface area (Å²) >= 11 is 11.9. The van der Waals surface area contributed by atoms with Crippen LogP contribution in [0, 0.1) is 5.92 Å². The Morgan fingerprint density at radius 1 is 1.19 bits per heavy atom. The molecule has 1 aliphatic heterocycles. The number of hydrogen-bond donors (Lipinski definition) is 1. The van der Waals surface area contributed by atoms with E-state index >= 15 is 0 Å². The van der Waals surface area contributed by atoms with Gasteiger partial charge in [0, 0.05) is 24.8 Å². The Labute approximate surface area is 162 Å². The molecule has 2 heterocycles. The number of nitrogens with zero attached hydrogens (tertiary/aromatic N) is 2. The lowest BCUT2D eigenvalue weighted by molar-refractivity contribution is -0.126. The van der Waals surface area contributed by atoms with Crippen LogP contribution in [-0.4, -0.2) is 34.8 Å². The molecule has 0 spiro atoms. The zero-order valence-corrected chi connectivity index (χ0v) is 15.6. The number of aromatic nitrogens is 1. The summed E-state index contributed by atoms with van der Waals surface area (Å²) < 4.78 is 0. The topological polar surface area (TPSA) is 62.3 Å². The molecule has 26 heavy (non-hydrogen) atoms. The van der Waals surface area contributed by atoms with Crippen LogP contribution in [0.15, 0.2) is 42.6 Å². The molecule has 0 saturated carbocycles. The fraction of sp³-hybridized carbons (Fsp3) is 0.316. The van der Waals surface area contributed by atoms with Gasteiger partial charge in [0.15, 0.2) is 0 Å². The number of hydrogen-bond acceptors (Lipinski definition) is 3. The highest BCUT2D eigenvalue weighted by atomic mass is 35.5. The smallest absolute Gasteiger partial charge is 0.253 e. The van der Waals surface area contributed by atoms with E-state index in [2.05, 4.69) is 10.3 Å². The maximum Gasteiger partial charge on any atom is 0.253 e. The van der Waals surface area contributed by atoms with Gasteiger partial charge < -0.3 is 10.2 Å². The maximum absolute atomic E-state index is 12.7. The monoisotopic (exact) mass is 391 g/mol. The molecule has 0 aliphatic carbocycles. The molecular weight excluding hydrogens is 373 g/mol. The highest BCUT2D eigenvalue weighted by molar-refractivity contribution is 6.42. The van der Waals surface area contributed by atoms with Crippen molar-refractivity contribution in [3.63, 3.8) is 0 Å². The first-order valence-corrected chi connectivity index (χ1v) is 9.22. The third kappa shape index (κ3) is 4.54. The second-order valence-corrected chi connectivity index (χ2v) is 7.07. The largest absolute Gasteiger partial charge is 0.350 e. The summed E-state index contributed by atoms with van der Waals surface area (Å²) in [6.45, 7) is 1.41. The maximum atomic E-state index is 12.7. The van der Waals surface area contributed by atoms with Crippen molar-refractivity contribution in [2.24, 2.45) is 5.92 Å². The van der Waals surface area contributed by atoms with E-state index in [1.54, 1.807) is 29.3 Å². The first-order chi connectivity index (χ1) is 12.5. The van der Waals surface area contributed by atoms with Crippen molar-refractivity contribution >= 4 is 35.0 Å². The van der Waals surface area contributed by atoms with Crippen LogP contribution in [0.1, 0.15) is 28.9 Å². The molecule has 1 aromatic heterocycles. The predicted molar refractivity (Wildman–Crippen MR) is 101 cm³/mol. The molecule has 2 amide bonds. The lowest BCUT2D eigenvalue weighted by Gasteiger charge is -2.32. The van der Waals surface area contributed by atoms with Crippen molar-refractivity contribution in [3.8, 4) is 0 Å². The number of piperidine rings is 1. The molecule has 2 aromatic rings. The van der Waals surface area contributed by atoms with E-state index in [4.69, 9.17) is 23.2 Å². The Bertz CT molecular complexity index is 799. The minimum atomic E-state index is -0.223. The van der Waals surface area contributed by atoms with Gasteiger partial charge in [-0.25, -0.2) is 0 Å². The molecule has 1 atom stereocenters. The van der Waals surface area contributed by atoms with E-state index in [1.165, 1.54) is 0 Å². The van der Waals surface area contributed by atoms with Crippen molar-refractivity contribution in [1.29, 1.82) is 0 Å². The average Bonchev–Trinajstić information content (AvgIpc) is 2.68. The first-order valence-electron chi connectivity index (χ1n) is 8.46. The van der Waals surface area contributed by atoms with Gasteiger partial charge in [-0.1, -0.05) is 29.3 Å². The molecule has 1 fully saturated rings. The predicted octanol–water partition coefficient (Wildman–Crippen LogP) is 3.56. The molecular formula is C19H19Cl2N3O2. The zero-order valence-electron chi connectivity index (χ0n) is 14.1. The number of halogens is 2. The van der Waals surface area contributed by atoms with Gasteiger partial charge in [0.1, 0.15) is 0 Å². The lowest BCUT2D eigenvalue weighted by Crippen LogP contribution is -2.45. The van der Waals surface area contributed by atoms with Gasteiger partial charge in [0.05, 0.1) is 28.2 Å². The molecule has 1 N–H and O–H groups in total. The summed E-state index contributed by atoms with van der Waals surface area (Å²) in [5.41, 5.74) is 1.29. The van der Waals surface area contributed by atoms with E-state index < -0.39 is 0 Å². The van der Waals surface area contributed by atoms with Gasteiger partial charge >= 0.3 is 0 Å². The summed E-state index contributed by atoms with van der Waals surface area (Å²) in [4.78, 5) is 31.0. The number of benzene rings is 1. The standard InChI is InChI=1S/C19H19Cl2N3O2/c20-16-7-6-13(10-17(16)21)19(26)24-9-3-4-14(12-24)18(25)23-11-15-5-1-2-8-22-15/h1-2,5-8,10,14H,3-4,9,11-12H2,(H,23,25). The quantitative estimate of drug-likeness (QED) is 0.866. The average molecular weight is 392 g/mol. The Morgan fingerprint density at radius 2 is 2.04 bits per heavy atom. The summed E-state index contributed by atoms with van der Waals surface area (Å²) in [5, 5.41) is 3.66. The van der Waals surface area contributed by atoms with E-state index in [0.29, 0.717) is 35.2 Å². The number of likely N-dealkylation sites (tertiary alicyclic amines) is 1. The third-order valence-electron chi connectivity index (χ3n) is 4.42. The molecule has 7 heteroatoms. The Balaban J connectivity index is 1.60. The number of nitrogens with one attached hydrogen (secondary N) is 1. The minimum absolute atomic E-state index is 0.0534. The number of carbonyl (C=O) groups is 2. The van der Waals surface area contributed by atoms with Gasteiger partial charge in [-0.2, -0.15) is 0 Å². The zero-order chi connectivity index (χ0) is 18.5. The fourth-order valence-electron chi connectivity index (χ4n) is 3.01. The molecule has 0 bridgehead atoms. The molecule has 3 rings (SSSR count). The number of amides is 2. The highest BCUT2D eigenvalue weighted by Gasteiger charge is 2.29. The molecule has 1 unspecified atom stereocenters. The fourth-order valence-corrected chi connectivity index (χ4v) is 3.31. The van der Waals surface area contributed by atoms with Gasteiger partial charge in [-0.15, -0.1) is 0 Å². The number of carbonyl (C=O) groups excluding carboxylic acids is 2. The van der Waals surface area contributed by atoms with Crippen LogP contribution in [0.25, 0.3) is 0 Å². The normalized spacial score (nSPS) is 17.0. The van der Waals surface area contributed by atoms with Crippen LogP contribution in [0.5, 0.6) is 0 Å². The van der Waals surface area contributed by atoms with Gasteiger partial charge in [0.2, 0.25) is 5.91 Å². The van der Waals surface area contributed by atoms with Crippen molar-refractivity contribution in [1.82, 2.24) is 15.2 Å². The second-order valence-electron chi connectivity index (χ2n) is 6.26. The van der Waals surface area contributed by atoms with Crippen LogP contribution in [0.2, 0.25) is 10.0 Å². The van der Waals surface area contributed by atoms with Crippen molar-refractivity contribution in [3.05, 3.63) is 63.9 Å². The molecule has 1 aromatic carbocycles. The highest BCUT2D eigenvalue weighted by Crippen LogP contribution is 2.25. The van der Waals surface area contributed by atoms with E-state index in [9.17, 15) is 9.59 Å². The third-order valence-corrected chi connectivity index (χ3v) is 5.15. The van der Waals surface area contributed by atoms with Crippen LogP contribution < -0.4 is 5.32 Å². The van der Waals surface area contributed by atoms with E-state index in [-0.39, 0.29) is 17.7 Å². The summed E-state index contributed by atoms with van der Waals surface area (Å²) in [5.74, 6) is -0.410. The molecule has 1 aliphatic rings. The van der Waals surface area contributed by atoms with Crippen LogP contribution in [0.3, 0.4) is 0 Å². The summed E-state index contributed by atoms with van der Waals surface area (Å²) in [6.07, 6.45) is 3.24. The number of pyridine rings is 1. The number of rotatable bonds is 4. The van der Waals surface area contributed by atoms with Crippen LogP contribution >= 0.6 is 23.2 Å². The van der Waals surface area contributed by atoms with E-state index in [1.807, 2.05) is 18.2 Å². The van der Waals surface area contributed by atoms with Crippen LogP contribution in [0.4, 0.5) is 0 Å². The molecule has 5 nitrogen and oxygen atoms in total. The van der Waals surface area contributed by atoms with Gasteiger partial charge in [-0.05, 0) is 43.2 Å². The second kappa shape index (κ2) is 8.52. The SMILES string of the molecule is O=C(NCc1ccccn1)C1CCCN(C(=O)c2ccc(Cl)c(Cl)c2)C1. The van der Waals surface area contributed by atoms with Crippen molar-refractivity contribution in [2.45, 2.75) is 19.4 Å². The van der Waals surface area contributed by atoms with Crippen molar-refractivity contribution in [2.75, 3.05) is 13.1 Å². The van der Waals surface area contributed by atoms with Gasteiger partial charge in [-0.3, -0.25) is 14.6 Å².